The number of pyridine rings is 1. The third kappa shape index (κ3) is 1.91. The van der Waals surface area contributed by atoms with Crippen LogP contribution < -0.4 is 5.73 Å². The normalized spacial score (nSPS) is 10.6. The molecule has 2 N–H and O–H groups in total. The molecule has 20 heavy (non-hydrogen) atoms. The number of anilines is 1. The molecule has 0 atom stereocenters. The van der Waals surface area contributed by atoms with Gasteiger partial charge in [-0.1, -0.05) is 0 Å². The highest BCUT2D eigenvalue weighted by Crippen LogP contribution is 2.24. The van der Waals surface area contributed by atoms with Gasteiger partial charge in [-0.15, -0.1) is 0 Å². The van der Waals surface area contributed by atoms with Crippen LogP contribution in [0, 0.1) is 18.3 Å². The number of fused-ring (bicyclic) bond motifs is 1. The summed E-state index contributed by atoms with van der Waals surface area (Å²) in [4.78, 5) is 12.5. The minimum absolute atomic E-state index is 0.379. The Morgan fingerprint density at radius 1 is 1.30 bits per heavy atom. The molecule has 8 nitrogen and oxygen atoms in total. The van der Waals surface area contributed by atoms with Gasteiger partial charge in [0.25, 0.3) is 0 Å². The van der Waals surface area contributed by atoms with E-state index in [1.807, 2.05) is 13.0 Å². The molecular formula is C12H9N7O. The lowest BCUT2D eigenvalue weighted by Gasteiger charge is -2.07. The number of nitrogens with zero attached hydrogens (tertiary/aromatic N) is 6. The van der Waals surface area contributed by atoms with E-state index in [-0.39, 0.29) is 0 Å². The SMILES string of the molecule is Cc1nc2nonc2c(N)c1Cc1ncc(C#N)cn1. The fourth-order valence-corrected chi connectivity index (χ4v) is 1.88. The number of aromatic nitrogens is 5. The molecule has 0 saturated heterocycles. The predicted octanol–water partition coefficient (Wildman–Crippen LogP) is 0.761. The predicted molar refractivity (Wildman–Crippen MR) is 68.3 cm³/mol. The average Bonchev–Trinajstić information content (AvgIpc) is 2.92. The van der Waals surface area contributed by atoms with E-state index in [2.05, 4.69) is 29.9 Å². The summed E-state index contributed by atoms with van der Waals surface area (Å²) in [6.45, 7) is 1.82. The first kappa shape index (κ1) is 12.0. The highest BCUT2D eigenvalue weighted by Gasteiger charge is 2.15. The smallest absolute Gasteiger partial charge is 0.226 e. The van der Waals surface area contributed by atoms with Crippen molar-refractivity contribution in [1.82, 2.24) is 25.3 Å². The molecule has 0 aliphatic rings. The van der Waals surface area contributed by atoms with Crippen LogP contribution in [-0.2, 0) is 6.42 Å². The molecular weight excluding hydrogens is 258 g/mol. The van der Waals surface area contributed by atoms with Crippen molar-refractivity contribution >= 4 is 16.9 Å². The Labute approximate surface area is 113 Å². The van der Waals surface area contributed by atoms with Gasteiger partial charge in [0.2, 0.25) is 5.65 Å². The van der Waals surface area contributed by atoms with Gasteiger partial charge in [0.15, 0.2) is 5.52 Å². The van der Waals surface area contributed by atoms with Crippen LogP contribution in [0.2, 0.25) is 0 Å². The van der Waals surface area contributed by atoms with E-state index < -0.39 is 0 Å². The first-order valence-corrected chi connectivity index (χ1v) is 5.77. The second-order valence-corrected chi connectivity index (χ2v) is 4.20. The van der Waals surface area contributed by atoms with Crippen LogP contribution in [0.4, 0.5) is 5.69 Å². The number of aryl methyl sites for hydroxylation is 1. The molecule has 3 aromatic heterocycles. The molecule has 0 aromatic carbocycles. The maximum atomic E-state index is 8.72. The number of hydrogen-bond acceptors (Lipinski definition) is 8. The van der Waals surface area contributed by atoms with Gasteiger partial charge in [-0.05, 0) is 17.2 Å². The van der Waals surface area contributed by atoms with Crippen LogP contribution in [0.25, 0.3) is 11.2 Å². The number of nitriles is 1. The fourth-order valence-electron chi connectivity index (χ4n) is 1.88. The molecule has 0 amide bonds. The van der Waals surface area contributed by atoms with Crippen LogP contribution >= 0.6 is 0 Å². The maximum Gasteiger partial charge on any atom is 0.226 e. The van der Waals surface area contributed by atoms with E-state index in [9.17, 15) is 0 Å². The Morgan fingerprint density at radius 2 is 2.05 bits per heavy atom. The molecule has 3 heterocycles. The summed E-state index contributed by atoms with van der Waals surface area (Å²) in [5.41, 5.74) is 9.23. The van der Waals surface area contributed by atoms with E-state index in [1.54, 1.807) is 0 Å². The third-order valence-corrected chi connectivity index (χ3v) is 2.93. The minimum Gasteiger partial charge on any atom is -0.396 e. The molecule has 3 rings (SSSR count). The van der Waals surface area contributed by atoms with Crippen molar-refractivity contribution in [3.63, 3.8) is 0 Å². The van der Waals surface area contributed by atoms with Crippen LogP contribution in [0.5, 0.6) is 0 Å². The van der Waals surface area contributed by atoms with E-state index in [0.717, 1.165) is 11.3 Å². The number of rotatable bonds is 2. The zero-order chi connectivity index (χ0) is 14.1. The summed E-state index contributed by atoms with van der Waals surface area (Å²) in [6, 6.07) is 1.97. The van der Waals surface area contributed by atoms with E-state index in [1.165, 1.54) is 12.4 Å². The molecule has 0 radical (unpaired) electrons. The topological polar surface area (TPSA) is 127 Å². The standard InChI is InChI=1S/C12H9N7O/c1-6-8(2-9-15-4-7(3-13)5-16-9)10(14)11-12(17-6)19-20-18-11/h4-5H,2,14H2,1H3. The Balaban J connectivity index is 2.03. The highest BCUT2D eigenvalue weighted by molar-refractivity contribution is 5.85. The molecule has 8 heteroatoms. The summed E-state index contributed by atoms with van der Waals surface area (Å²) in [5, 5.41) is 16.1. The molecule has 98 valence electrons. The fraction of sp³-hybridized carbons (Fsp3) is 0.167. The summed E-state index contributed by atoms with van der Waals surface area (Å²) >= 11 is 0. The first-order chi connectivity index (χ1) is 9.69. The molecule has 0 bridgehead atoms. The van der Waals surface area contributed by atoms with Crippen molar-refractivity contribution < 1.29 is 4.63 Å². The van der Waals surface area contributed by atoms with Crippen molar-refractivity contribution in [2.75, 3.05) is 5.73 Å². The van der Waals surface area contributed by atoms with Crippen molar-refractivity contribution in [3.05, 3.63) is 35.0 Å². The van der Waals surface area contributed by atoms with Gasteiger partial charge in [0.05, 0.1) is 11.3 Å². The van der Waals surface area contributed by atoms with Crippen LogP contribution in [0.3, 0.4) is 0 Å². The number of hydrogen-bond donors (Lipinski definition) is 1. The third-order valence-electron chi connectivity index (χ3n) is 2.93. The number of nitrogens with two attached hydrogens (primary N) is 1. The van der Waals surface area contributed by atoms with E-state index in [4.69, 9.17) is 11.0 Å². The average molecular weight is 267 g/mol. The second-order valence-electron chi connectivity index (χ2n) is 4.20. The number of nitrogen functional groups attached to an aromatic ring is 1. The van der Waals surface area contributed by atoms with Gasteiger partial charge in [-0.25, -0.2) is 19.6 Å². The monoisotopic (exact) mass is 267 g/mol. The highest BCUT2D eigenvalue weighted by atomic mass is 16.6. The zero-order valence-corrected chi connectivity index (χ0v) is 10.5. The van der Waals surface area contributed by atoms with E-state index >= 15 is 0 Å². The molecule has 0 unspecified atom stereocenters. The molecule has 0 aliphatic heterocycles. The quantitative estimate of drug-likeness (QED) is 0.720. The second kappa shape index (κ2) is 4.55. The zero-order valence-electron chi connectivity index (χ0n) is 10.5. The van der Waals surface area contributed by atoms with Crippen LogP contribution in [0.1, 0.15) is 22.6 Å². The van der Waals surface area contributed by atoms with Gasteiger partial charge >= 0.3 is 0 Å². The van der Waals surface area contributed by atoms with Gasteiger partial charge in [0.1, 0.15) is 11.9 Å². The van der Waals surface area contributed by atoms with Crippen LogP contribution in [-0.4, -0.2) is 25.3 Å². The van der Waals surface area contributed by atoms with Crippen molar-refractivity contribution in [1.29, 1.82) is 5.26 Å². The van der Waals surface area contributed by atoms with Gasteiger partial charge in [0, 0.05) is 30.1 Å². The lowest BCUT2D eigenvalue weighted by atomic mass is 10.1. The summed E-state index contributed by atoms with van der Waals surface area (Å²) in [6.07, 6.45) is 3.34. The Kier molecular flexibility index (Phi) is 2.72. The first-order valence-electron chi connectivity index (χ1n) is 5.77. The van der Waals surface area contributed by atoms with Gasteiger partial charge in [-0.2, -0.15) is 5.26 Å². The summed E-state index contributed by atoms with van der Waals surface area (Å²) in [5.74, 6) is 0.552. The molecule has 3 aromatic rings. The van der Waals surface area contributed by atoms with Crippen LogP contribution in [0.15, 0.2) is 17.0 Å². The molecule has 0 spiro atoms. The molecule has 0 fully saturated rings. The lowest BCUT2D eigenvalue weighted by Crippen LogP contribution is -2.05. The maximum absolute atomic E-state index is 8.72. The lowest BCUT2D eigenvalue weighted by molar-refractivity contribution is 0.315. The van der Waals surface area contributed by atoms with Crippen molar-refractivity contribution in [2.24, 2.45) is 0 Å². The molecule has 0 aliphatic carbocycles. The van der Waals surface area contributed by atoms with Crippen molar-refractivity contribution in [3.8, 4) is 6.07 Å². The van der Waals surface area contributed by atoms with E-state index in [0.29, 0.717) is 34.7 Å². The Bertz CT molecular complexity index is 816. The van der Waals surface area contributed by atoms with Crippen molar-refractivity contribution in [2.45, 2.75) is 13.3 Å². The minimum atomic E-state index is 0.379. The van der Waals surface area contributed by atoms with Gasteiger partial charge < -0.3 is 5.73 Å². The Morgan fingerprint density at radius 3 is 2.75 bits per heavy atom. The summed E-state index contributed by atoms with van der Waals surface area (Å²) in [7, 11) is 0. The largest absolute Gasteiger partial charge is 0.396 e. The van der Waals surface area contributed by atoms with Gasteiger partial charge in [-0.3, -0.25) is 0 Å². The Hall–Kier alpha value is -3.08. The summed E-state index contributed by atoms with van der Waals surface area (Å²) < 4.78 is 4.63. The molecule has 0 saturated carbocycles.